The largest absolute Gasteiger partial charge is 0.383 e. The number of aromatic nitrogens is 1. The van der Waals surface area contributed by atoms with Gasteiger partial charge in [-0.25, -0.2) is 4.98 Å². The Labute approximate surface area is 91.6 Å². The average Bonchev–Trinajstić information content (AvgIpc) is 2.15. The van der Waals surface area contributed by atoms with Crippen molar-refractivity contribution in [1.82, 2.24) is 9.88 Å². The molecule has 0 bridgehead atoms. The summed E-state index contributed by atoms with van der Waals surface area (Å²) in [7, 11) is 3.73. The fraction of sp³-hybridized carbons (Fsp3) is 0.200. The van der Waals surface area contributed by atoms with E-state index in [4.69, 9.17) is 0 Å². The van der Waals surface area contributed by atoms with Crippen molar-refractivity contribution in [3.8, 4) is 0 Å². The number of hydrogen-bond donors (Lipinski definition) is 0. The van der Waals surface area contributed by atoms with Gasteiger partial charge in [-0.15, -0.1) is 0 Å². The number of rotatable bonds is 3. The Morgan fingerprint density at radius 1 is 1.50 bits per heavy atom. The van der Waals surface area contributed by atoms with E-state index in [0.717, 1.165) is 4.60 Å². The standard InChI is InChI=1S/C10H11BrN2O/c1-13(2)6-5-9(14)8-3-4-10(11)12-7-8/h3-7H,1-2H3/b6-5+. The van der Waals surface area contributed by atoms with Crippen molar-refractivity contribution in [2.75, 3.05) is 14.1 Å². The van der Waals surface area contributed by atoms with Crippen molar-refractivity contribution in [2.45, 2.75) is 0 Å². The molecular formula is C10H11BrN2O. The smallest absolute Gasteiger partial charge is 0.188 e. The Balaban J connectivity index is 2.75. The number of halogens is 1. The first-order chi connectivity index (χ1) is 6.59. The second-order valence-corrected chi connectivity index (χ2v) is 3.83. The van der Waals surface area contributed by atoms with E-state index in [1.165, 1.54) is 6.08 Å². The average molecular weight is 255 g/mol. The van der Waals surface area contributed by atoms with E-state index in [0.29, 0.717) is 5.56 Å². The van der Waals surface area contributed by atoms with Crippen molar-refractivity contribution in [1.29, 1.82) is 0 Å². The molecular weight excluding hydrogens is 244 g/mol. The third-order valence-electron chi connectivity index (χ3n) is 1.54. The summed E-state index contributed by atoms with van der Waals surface area (Å²) in [5.74, 6) is -0.0429. The van der Waals surface area contributed by atoms with Gasteiger partial charge in [-0.05, 0) is 28.1 Å². The van der Waals surface area contributed by atoms with E-state index in [1.54, 1.807) is 24.5 Å². The van der Waals surface area contributed by atoms with Crippen LogP contribution < -0.4 is 0 Å². The SMILES string of the molecule is CN(C)/C=C/C(=O)c1ccc(Br)nc1. The van der Waals surface area contributed by atoms with Gasteiger partial charge >= 0.3 is 0 Å². The van der Waals surface area contributed by atoms with Gasteiger partial charge in [-0.3, -0.25) is 4.79 Å². The zero-order valence-electron chi connectivity index (χ0n) is 8.07. The Morgan fingerprint density at radius 2 is 2.21 bits per heavy atom. The maximum Gasteiger partial charge on any atom is 0.188 e. The molecule has 1 rings (SSSR count). The highest BCUT2D eigenvalue weighted by molar-refractivity contribution is 9.10. The lowest BCUT2D eigenvalue weighted by molar-refractivity contribution is 0.104. The first-order valence-corrected chi connectivity index (χ1v) is 4.89. The van der Waals surface area contributed by atoms with Crippen LogP contribution in [0, 0.1) is 0 Å². The van der Waals surface area contributed by atoms with E-state index in [2.05, 4.69) is 20.9 Å². The summed E-state index contributed by atoms with van der Waals surface area (Å²) in [6.45, 7) is 0. The number of pyridine rings is 1. The molecule has 74 valence electrons. The second-order valence-electron chi connectivity index (χ2n) is 3.01. The van der Waals surface area contributed by atoms with Gasteiger partial charge < -0.3 is 4.90 Å². The topological polar surface area (TPSA) is 33.2 Å². The minimum absolute atomic E-state index is 0.0429. The zero-order valence-corrected chi connectivity index (χ0v) is 9.65. The van der Waals surface area contributed by atoms with Crippen molar-refractivity contribution < 1.29 is 4.79 Å². The molecule has 0 atom stereocenters. The summed E-state index contributed by atoms with van der Waals surface area (Å²) in [5.41, 5.74) is 0.589. The first kappa shape index (κ1) is 10.9. The molecule has 0 spiro atoms. The molecule has 0 aliphatic heterocycles. The van der Waals surface area contributed by atoms with Gasteiger partial charge in [-0.1, -0.05) is 0 Å². The number of ketones is 1. The van der Waals surface area contributed by atoms with Crippen LogP contribution in [0.5, 0.6) is 0 Å². The predicted molar refractivity (Wildman–Crippen MR) is 59.1 cm³/mol. The quantitative estimate of drug-likeness (QED) is 0.471. The Morgan fingerprint density at radius 3 is 2.71 bits per heavy atom. The highest BCUT2D eigenvalue weighted by atomic mass is 79.9. The summed E-state index contributed by atoms with van der Waals surface area (Å²) in [4.78, 5) is 17.3. The molecule has 14 heavy (non-hydrogen) atoms. The number of hydrogen-bond acceptors (Lipinski definition) is 3. The molecule has 3 nitrogen and oxygen atoms in total. The minimum atomic E-state index is -0.0429. The summed E-state index contributed by atoms with van der Waals surface area (Å²) >= 11 is 3.21. The van der Waals surface area contributed by atoms with Crippen LogP contribution in [0.4, 0.5) is 0 Å². The van der Waals surface area contributed by atoms with Crippen LogP contribution in [-0.4, -0.2) is 29.8 Å². The molecule has 0 N–H and O–H groups in total. The molecule has 0 aromatic carbocycles. The molecule has 1 aromatic rings. The number of nitrogens with zero attached hydrogens (tertiary/aromatic N) is 2. The monoisotopic (exact) mass is 254 g/mol. The minimum Gasteiger partial charge on any atom is -0.383 e. The zero-order chi connectivity index (χ0) is 10.6. The fourth-order valence-electron chi connectivity index (χ4n) is 0.835. The third kappa shape index (κ3) is 3.30. The third-order valence-corrected chi connectivity index (χ3v) is 2.01. The number of carbonyl (C=O) groups is 1. The highest BCUT2D eigenvalue weighted by Gasteiger charge is 2.01. The molecule has 4 heteroatoms. The van der Waals surface area contributed by atoms with Crippen LogP contribution in [0.2, 0.25) is 0 Å². The predicted octanol–water partition coefficient (Wildman–Crippen LogP) is 2.10. The van der Waals surface area contributed by atoms with E-state index in [9.17, 15) is 4.79 Å². The first-order valence-electron chi connectivity index (χ1n) is 4.10. The van der Waals surface area contributed by atoms with Crippen molar-refractivity contribution in [2.24, 2.45) is 0 Å². The van der Waals surface area contributed by atoms with Crippen molar-refractivity contribution >= 4 is 21.7 Å². The van der Waals surface area contributed by atoms with Crippen molar-refractivity contribution in [3.05, 3.63) is 40.8 Å². The Bertz CT molecular complexity index is 344. The van der Waals surface area contributed by atoms with E-state index in [1.807, 2.05) is 19.0 Å². The summed E-state index contributed by atoms with van der Waals surface area (Å²) in [5, 5.41) is 0. The van der Waals surface area contributed by atoms with Crippen LogP contribution in [0.15, 0.2) is 35.2 Å². The lowest BCUT2D eigenvalue weighted by Gasteiger charge is -2.02. The molecule has 0 saturated carbocycles. The van der Waals surface area contributed by atoms with Crippen LogP contribution >= 0.6 is 15.9 Å². The summed E-state index contributed by atoms with van der Waals surface area (Å²) in [6, 6.07) is 3.48. The van der Waals surface area contributed by atoms with Gasteiger partial charge in [-0.2, -0.15) is 0 Å². The molecule has 0 aliphatic carbocycles. The van der Waals surface area contributed by atoms with Gasteiger partial charge in [0.05, 0.1) is 0 Å². The lowest BCUT2D eigenvalue weighted by Crippen LogP contribution is -2.03. The lowest BCUT2D eigenvalue weighted by atomic mass is 10.2. The summed E-state index contributed by atoms with van der Waals surface area (Å²) in [6.07, 6.45) is 4.78. The highest BCUT2D eigenvalue weighted by Crippen LogP contribution is 2.07. The van der Waals surface area contributed by atoms with E-state index in [-0.39, 0.29) is 5.78 Å². The fourth-order valence-corrected chi connectivity index (χ4v) is 1.07. The molecule has 0 unspecified atom stereocenters. The number of allylic oxidation sites excluding steroid dienone is 1. The molecule has 1 aromatic heterocycles. The van der Waals surface area contributed by atoms with Crippen LogP contribution in [-0.2, 0) is 0 Å². The van der Waals surface area contributed by atoms with Gasteiger partial charge in [0, 0.05) is 38.1 Å². The summed E-state index contributed by atoms with van der Waals surface area (Å²) < 4.78 is 0.727. The van der Waals surface area contributed by atoms with Gasteiger partial charge in [0.2, 0.25) is 0 Å². The molecule has 1 heterocycles. The van der Waals surface area contributed by atoms with Gasteiger partial charge in [0.1, 0.15) is 4.60 Å². The normalized spacial score (nSPS) is 10.5. The Kier molecular flexibility index (Phi) is 3.83. The molecule has 0 radical (unpaired) electrons. The van der Waals surface area contributed by atoms with Gasteiger partial charge in [0.25, 0.3) is 0 Å². The Hall–Kier alpha value is -1.16. The van der Waals surface area contributed by atoms with Crippen LogP contribution in [0.25, 0.3) is 0 Å². The maximum absolute atomic E-state index is 11.5. The van der Waals surface area contributed by atoms with Crippen LogP contribution in [0.3, 0.4) is 0 Å². The van der Waals surface area contributed by atoms with Gasteiger partial charge in [0.15, 0.2) is 5.78 Å². The molecule has 0 saturated heterocycles. The second kappa shape index (κ2) is 4.91. The molecule has 0 aliphatic rings. The van der Waals surface area contributed by atoms with E-state index >= 15 is 0 Å². The molecule has 0 fully saturated rings. The number of carbonyl (C=O) groups excluding carboxylic acids is 1. The maximum atomic E-state index is 11.5. The molecule has 0 amide bonds. The van der Waals surface area contributed by atoms with Crippen LogP contribution in [0.1, 0.15) is 10.4 Å². The van der Waals surface area contributed by atoms with E-state index < -0.39 is 0 Å². The van der Waals surface area contributed by atoms with Crippen molar-refractivity contribution in [3.63, 3.8) is 0 Å².